The number of nitrogens with two attached hydrogens (primary N) is 1. The van der Waals surface area contributed by atoms with Gasteiger partial charge in [-0.1, -0.05) is 12.8 Å². The van der Waals surface area contributed by atoms with Crippen LogP contribution in [0.2, 0.25) is 0 Å². The molecule has 2 heterocycles. The fourth-order valence-corrected chi connectivity index (χ4v) is 3.34. The van der Waals surface area contributed by atoms with E-state index in [0.717, 1.165) is 44.4 Å². The number of hydrogen-bond acceptors (Lipinski definition) is 7. The van der Waals surface area contributed by atoms with Crippen LogP contribution in [0.25, 0.3) is 0 Å². The Hall–Kier alpha value is -1.60. The van der Waals surface area contributed by atoms with Crippen molar-refractivity contribution in [3.63, 3.8) is 0 Å². The lowest BCUT2D eigenvalue weighted by Gasteiger charge is -2.35. The van der Waals surface area contributed by atoms with Gasteiger partial charge in [-0.25, -0.2) is 9.97 Å². The first-order valence-electron chi connectivity index (χ1n) is 8.23. The summed E-state index contributed by atoms with van der Waals surface area (Å²) in [7, 11) is 0. The van der Waals surface area contributed by atoms with E-state index in [-0.39, 0.29) is 6.61 Å². The standard InChI is InChI=1S/C15H26N6O/c16-13-14(19-12-3-1-2-4-12)17-11-18-15(13)21-7-5-20(6-8-21)9-10-22/h11-12,22H,1-10,16H2,(H,17,18,19). The summed E-state index contributed by atoms with van der Waals surface area (Å²) in [5.74, 6) is 1.61. The Bertz CT molecular complexity index is 483. The van der Waals surface area contributed by atoms with Gasteiger partial charge in [0.25, 0.3) is 0 Å². The molecule has 1 saturated carbocycles. The van der Waals surface area contributed by atoms with Crippen LogP contribution < -0.4 is 16.0 Å². The topological polar surface area (TPSA) is 90.5 Å². The molecule has 3 rings (SSSR count). The molecule has 22 heavy (non-hydrogen) atoms. The Morgan fingerprint density at radius 3 is 2.59 bits per heavy atom. The van der Waals surface area contributed by atoms with Crippen LogP contribution in [0.5, 0.6) is 0 Å². The molecule has 1 saturated heterocycles. The van der Waals surface area contributed by atoms with Crippen molar-refractivity contribution < 1.29 is 5.11 Å². The minimum Gasteiger partial charge on any atom is -0.395 e. The van der Waals surface area contributed by atoms with Gasteiger partial charge in [0.1, 0.15) is 12.0 Å². The average Bonchev–Trinajstić information content (AvgIpc) is 3.04. The predicted molar refractivity (Wildman–Crippen MR) is 88.1 cm³/mol. The minimum absolute atomic E-state index is 0.213. The first kappa shape index (κ1) is 15.3. The zero-order valence-electron chi connectivity index (χ0n) is 13.0. The van der Waals surface area contributed by atoms with Crippen molar-refractivity contribution in [2.75, 3.05) is 55.3 Å². The van der Waals surface area contributed by atoms with Crippen molar-refractivity contribution in [2.45, 2.75) is 31.7 Å². The Labute approximate surface area is 131 Å². The zero-order valence-corrected chi connectivity index (χ0v) is 13.0. The second kappa shape index (κ2) is 7.11. The molecule has 1 aliphatic carbocycles. The molecule has 1 aliphatic heterocycles. The minimum atomic E-state index is 0.213. The van der Waals surface area contributed by atoms with Crippen LogP contribution >= 0.6 is 0 Å². The third-order valence-corrected chi connectivity index (χ3v) is 4.65. The Kier molecular flexibility index (Phi) is 4.94. The van der Waals surface area contributed by atoms with E-state index in [1.807, 2.05) is 0 Å². The van der Waals surface area contributed by atoms with Gasteiger partial charge in [0.15, 0.2) is 11.6 Å². The number of nitrogens with one attached hydrogen (secondary N) is 1. The number of aromatic nitrogens is 2. The molecule has 0 unspecified atom stereocenters. The number of aliphatic hydroxyl groups excluding tert-OH is 1. The summed E-state index contributed by atoms with van der Waals surface area (Å²) < 4.78 is 0. The van der Waals surface area contributed by atoms with Crippen LogP contribution in [0.4, 0.5) is 17.3 Å². The van der Waals surface area contributed by atoms with Crippen LogP contribution in [0.3, 0.4) is 0 Å². The van der Waals surface area contributed by atoms with E-state index >= 15 is 0 Å². The van der Waals surface area contributed by atoms with Gasteiger partial charge in [0, 0.05) is 38.8 Å². The normalized spacial score (nSPS) is 20.5. The van der Waals surface area contributed by atoms with Crippen LogP contribution in [-0.4, -0.2) is 65.3 Å². The highest BCUT2D eigenvalue weighted by molar-refractivity contribution is 5.75. The van der Waals surface area contributed by atoms with E-state index in [1.54, 1.807) is 6.33 Å². The number of piperazine rings is 1. The maximum absolute atomic E-state index is 9.01. The largest absolute Gasteiger partial charge is 0.395 e. The number of rotatable bonds is 5. The summed E-state index contributed by atoms with van der Waals surface area (Å²) in [6.45, 7) is 4.56. The molecule has 2 fully saturated rings. The third kappa shape index (κ3) is 3.41. The number of aliphatic hydroxyl groups is 1. The molecule has 0 bridgehead atoms. The Morgan fingerprint density at radius 2 is 1.91 bits per heavy atom. The highest BCUT2D eigenvalue weighted by atomic mass is 16.3. The first-order chi connectivity index (χ1) is 10.8. The van der Waals surface area contributed by atoms with Crippen LogP contribution in [-0.2, 0) is 0 Å². The van der Waals surface area contributed by atoms with Crippen molar-refractivity contribution in [2.24, 2.45) is 0 Å². The summed E-state index contributed by atoms with van der Waals surface area (Å²) in [6.07, 6.45) is 6.55. The van der Waals surface area contributed by atoms with Crippen LogP contribution in [0, 0.1) is 0 Å². The fraction of sp³-hybridized carbons (Fsp3) is 0.733. The van der Waals surface area contributed by atoms with Crippen molar-refractivity contribution in [3.05, 3.63) is 6.33 Å². The molecule has 1 aromatic heterocycles. The maximum atomic E-state index is 9.01. The number of anilines is 3. The summed E-state index contributed by atoms with van der Waals surface area (Å²) in [5.41, 5.74) is 6.96. The second-order valence-corrected chi connectivity index (χ2v) is 6.14. The molecular weight excluding hydrogens is 280 g/mol. The average molecular weight is 306 g/mol. The maximum Gasteiger partial charge on any atom is 0.157 e. The van der Waals surface area contributed by atoms with Crippen molar-refractivity contribution in [3.8, 4) is 0 Å². The molecule has 0 amide bonds. The summed E-state index contributed by atoms with van der Waals surface area (Å²) in [4.78, 5) is 13.2. The number of nitrogens with zero attached hydrogens (tertiary/aromatic N) is 4. The van der Waals surface area contributed by atoms with Gasteiger partial charge >= 0.3 is 0 Å². The molecule has 122 valence electrons. The Morgan fingerprint density at radius 1 is 1.18 bits per heavy atom. The van der Waals surface area contributed by atoms with Gasteiger partial charge in [0.2, 0.25) is 0 Å². The molecule has 0 radical (unpaired) electrons. The monoisotopic (exact) mass is 306 g/mol. The Balaban J connectivity index is 1.66. The lowest BCUT2D eigenvalue weighted by Crippen LogP contribution is -2.47. The molecule has 0 spiro atoms. The van der Waals surface area contributed by atoms with E-state index in [2.05, 4.69) is 25.1 Å². The summed E-state index contributed by atoms with van der Waals surface area (Å²) in [6, 6.07) is 0.492. The molecule has 0 aromatic carbocycles. The SMILES string of the molecule is Nc1c(NC2CCCC2)ncnc1N1CCN(CCO)CC1. The number of nitrogen functional groups attached to an aromatic ring is 1. The van der Waals surface area contributed by atoms with Crippen molar-refractivity contribution in [1.82, 2.24) is 14.9 Å². The van der Waals surface area contributed by atoms with E-state index in [4.69, 9.17) is 10.8 Å². The molecule has 2 aliphatic rings. The van der Waals surface area contributed by atoms with Gasteiger partial charge in [-0.3, -0.25) is 4.90 Å². The quantitative estimate of drug-likeness (QED) is 0.731. The molecule has 0 atom stereocenters. The first-order valence-corrected chi connectivity index (χ1v) is 8.23. The highest BCUT2D eigenvalue weighted by Crippen LogP contribution is 2.29. The highest BCUT2D eigenvalue weighted by Gasteiger charge is 2.22. The van der Waals surface area contributed by atoms with Crippen LogP contribution in [0.15, 0.2) is 6.33 Å². The van der Waals surface area contributed by atoms with Crippen molar-refractivity contribution in [1.29, 1.82) is 0 Å². The molecule has 7 nitrogen and oxygen atoms in total. The van der Waals surface area contributed by atoms with E-state index in [0.29, 0.717) is 11.7 Å². The second-order valence-electron chi connectivity index (χ2n) is 6.14. The summed E-state index contributed by atoms with van der Waals surface area (Å²) in [5, 5.41) is 12.5. The molecular formula is C15H26N6O. The summed E-state index contributed by atoms with van der Waals surface area (Å²) >= 11 is 0. The lowest BCUT2D eigenvalue weighted by atomic mass is 10.2. The third-order valence-electron chi connectivity index (χ3n) is 4.65. The van der Waals surface area contributed by atoms with Gasteiger partial charge in [-0.15, -0.1) is 0 Å². The van der Waals surface area contributed by atoms with Gasteiger partial charge in [-0.2, -0.15) is 0 Å². The molecule has 1 aromatic rings. The number of hydrogen-bond donors (Lipinski definition) is 3. The lowest BCUT2D eigenvalue weighted by molar-refractivity contribution is 0.188. The van der Waals surface area contributed by atoms with E-state index in [1.165, 1.54) is 25.7 Å². The fourth-order valence-electron chi connectivity index (χ4n) is 3.34. The smallest absolute Gasteiger partial charge is 0.157 e. The van der Waals surface area contributed by atoms with E-state index in [9.17, 15) is 0 Å². The van der Waals surface area contributed by atoms with Gasteiger partial charge in [-0.05, 0) is 12.8 Å². The number of β-amino-alcohol motifs (C(OH)–C–C–N with tert-alkyl or cyclic N) is 1. The van der Waals surface area contributed by atoms with E-state index < -0.39 is 0 Å². The van der Waals surface area contributed by atoms with Crippen molar-refractivity contribution >= 4 is 17.3 Å². The van der Waals surface area contributed by atoms with Gasteiger partial charge in [0.05, 0.1) is 6.61 Å². The zero-order chi connectivity index (χ0) is 15.4. The van der Waals surface area contributed by atoms with Crippen LogP contribution in [0.1, 0.15) is 25.7 Å². The molecule has 4 N–H and O–H groups in total. The predicted octanol–water partition coefficient (Wildman–Crippen LogP) is 0.528. The molecule has 7 heteroatoms. The van der Waals surface area contributed by atoms with Gasteiger partial charge < -0.3 is 21.1 Å².